The van der Waals surface area contributed by atoms with Crippen molar-refractivity contribution in [1.82, 2.24) is 20.2 Å². The Hall–Kier alpha value is -2.88. The van der Waals surface area contributed by atoms with E-state index in [2.05, 4.69) is 45.7 Å². The average molecular weight is 518 g/mol. The summed E-state index contributed by atoms with van der Waals surface area (Å²) in [5, 5.41) is 3.58. The second kappa shape index (κ2) is 9.78. The van der Waals surface area contributed by atoms with E-state index >= 15 is 0 Å². The van der Waals surface area contributed by atoms with Crippen molar-refractivity contribution in [2.75, 3.05) is 31.1 Å². The first-order chi connectivity index (χ1) is 17.5. The first kappa shape index (κ1) is 25.8. The van der Waals surface area contributed by atoms with Gasteiger partial charge in [-0.3, -0.25) is 4.79 Å². The minimum atomic E-state index is -4.75. The van der Waals surface area contributed by atoms with Gasteiger partial charge in [-0.1, -0.05) is 19.1 Å². The molecule has 1 amide bonds. The summed E-state index contributed by atoms with van der Waals surface area (Å²) < 4.78 is 42.0. The molecular weight excluding hydrogens is 483 g/mol. The van der Waals surface area contributed by atoms with Gasteiger partial charge in [0.2, 0.25) is 5.91 Å². The molecule has 37 heavy (non-hydrogen) atoms. The van der Waals surface area contributed by atoms with Crippen molar-refractivity contribution in [1.29, 1.82) is 0 Å². The molecule has 5 rings (SSSR count). The molecule has 2 fully saturated rings. The highest BCUT2D eigenvalue weighted by atomic mass is 19.4. The number of hydrogen-bond donors (Lipinski definition) is 1. The molecule has 2 aromatic rings. The zero-order valence-corrected chi connectivity index (χ0v) is 21.5. The third-order valence-corrected chi connectivity index (χ3v) is 7.94. The number of piperazine rings is 1. The number of carbonyl (C=O) groups is 1. The molecule has 3 atom stereocenters. The van der Waals surface area contributed by atoms with Crippen molar-refractivity contribution >= 4 is 11.7 Å². The summed E-state index contributed by atoms with van der Waals surface area (Å²) in [5.41, 5.74) is 2.95. The van der Waals surface area contributed by atoms with E-state index in [4.69, 9.17) is 0 Å². The number of halogens is 3. The molecule has 0 spiro atoms. The van der Waals surface area contributed by atoms with Crippen LogP contribution in [0, 0.1) is 0 Å². The minimum absolute atomic E-state index is 0.000578. The van der Waals surface area contributed by atoms with Gasteiger partial charge >= 0.3 is 6.36 Å². The van der Waals surface area contributed by atoms with E-state index in [0.717, 1.165) is 37.2 Å². The standard InChI is InChI=1S/C27H34F3N5O2/c1-17-4-9-20-22(17)24(32-16-31-20)34-12-14-35(15-13-34)25(36)23(21-10-11-26(2,3)33-21)18-5-7-19(8-6-18)37-27(28,29)30/h5-8,16-17,21,23,33H,4,9-15H2,1-3H3/t17-,21+,23+/m1/s1. The molecule has 1 aromatic carbocycles. The second-order valence-electron chi connectivity index (χ2n) is 11.1. The number of aromatic nitrogens is 2. The lowest BCUT2D eigenvalue weighted by Gasteiger charge is -2.39. The van der Waals surface area contributed by atoms with Gasteiger partial charge in [-0.15, -0.1) is 13.2 Å². The molecule has 7 nitrogen and oxygen atoms in total. The summed E-state index contributed by atoms with van der Waals surface area (Å²) >= 11 is 0. The topological polar surface area (TPSA) is 70.6 Å². The molecule has 0 saturated carbocycles. The number of fused-ring (bicyclic) bond motifs is 1. The Morgan fingerprint density at radius 1 is 1.11 bits per heavy atom. The number of benzene rings is 1. The number of nitrogens with zero attached hydrogens (tertiary/aromatic N) is 4. The van der Waals surface area contributed by atoms with Crippen molar-refractivity contribution in [2.24, 2.45) is 0 Å². The van der Waals surface area contributed by atoms with E-state index in [1.807, 2.05) is 4.90 Å². The van der Waals surface area contributed by atoms with E-state index in [-0.39, 0.29) is 23.2 Å². The second-order valence-corrected chi connectivity index (χ2v) is 11.1. The fraction of sp³-hybridized carbons (Fsp3) is 0.593. The van der Waals surface area contributed by atoms with Crippen LogP contribution in [0.5, 0.6) is 5.75 Å². The summed E-state index contributed by atoms with van der Waals surface area (Å²) in [6.07, 6.45) is 0.674. The van der Waals surface area contributed by atoms with Gasteiger partial charge < -0.3 is 19.9 Å². The van der Waals surface area contributed by atoms with Crippen LogP contribution >= 0.6 is 0 Å². The normalized spacial score (nSPS) is 24.2. The number of amides is 1. The summed E-state index contributed by atoms with van der Waals surface area (Å²) in [7, 11) is 0. The first-order valence-corrected chi connectivity index (χ1v) is 13.0. The van der Waals surface area contributed by atoms with Gasteiger partial charge in [-0.2, -0.15) is 0 Å². The number of aryl methyl sites for hydroxylation is 1. The van der Waals surface area contributed by atoms with Gasteiger partial charge in [0.1, 0.15) is 17.9 Å². The summed E-state index contributed by atoms with van der Waals surface area (Å²) in [6.45, 7) is 8.91. The Kier molecular flexibility index (Phi) is 6.81. The van der Waals surface area contributed by atoms with Gasteiger partial charge in [0.25, 0.3) is 0 Å². The maximum Gasteiger partial charge on any atom is 0.573 e. The van der Waals surface area contributed by atoms with Gasteiger partial charge in [0, 0.05) is 49.0 Å². The highest BCUT2D eigenvalue weighted by Gasteiger charge is 2.41. The summed E-state index contributed by atoms with van der Waals surface area (Å²) in [5.74, 6) is 0.633. The van der Waals surface area contributed by atoms with Crippen molar-refractivity contribution in [3.05, 3.63) is 47.4 Å². The molecule has 10 heteroatoms. The predicted molar refractivity (Wildman–Crippen MR) is 134 cm³/mol. The van der Waals surface area contributed by atoms with Crippen molar-refractivity contribution < 1.29 is 22.7 Å². The molecule has 0 unspecified atom stereocenters. The molecule has 3 aliphatic rings. The van der Waals surface area contributed by atoms with Crippen molar-refractivity contribution in [3.63, 3.8) is 0 Å². The van der Waals surface area contributed by atoms with Crippen LogP contribution in [0.25, 0.3) is 0 Å². The molecule has 1 N–H and O–H groups in total. The van der Waals surface area contributed by atoms with Gasteiger partial charge in [-0.05, 0) is 63.1 Å². The number of carbonyl (C=O) groups excluding carboxylic acids is 1. The van der Waals surface area contributed by atoms with Crippen LogP contribution in [0.1, 0.15) is 68.7 Å². The van der Waals surface area contributed by atoms with Gasteiger partial charge in [-0.25, -0.2) is 9.97 Å². The molecular formula is C27H34F3N5O2. The lowest BCUT2D eigenvalue weighted by atomic mass is 9.88. The SMILES string of the molecule is C[C@@H]1CCc2ncnc(N3CCN(C(=O)[C@@H](c4ccc(OC(F)(F)F)cc4)[C@@H]4CCC(C)(C)N4)CC3)c21. The fourth-order valence-electron chi connectivity index (χ4n) is 6.05. The fourth-order valence-corrected chi connectivity index (χ4v) is 6.05. The maximum atomic E-state index is 13.9. The Bertz CT molecular complexity index is 1130. The quantitative estimate of drug-likeness (QED) is 0.635. The van der Waals surface area contributed by atoms with Crippen LogP contribution < -0.4 is 15.0 Å². The monoisotopic (exact) mass is 517 g/mol. The van der Waals surface area contributed by atoms with Crippen LogP contribution in [0.4, 0.5) is 19.0 Å². The van der Waals surface area contributed by atoms with E-state index in [1.165, 1.54) is 17.7 Å². The summed E-state index contributed by atoms with van der Waals surface area (Å²) in [6, 6.07) is 5.65. The van der Waals surface area contributed by atoms with Crippen molar-refractivity contribution in [3.8, 4) is 5.75 Å². The smallest absolute Gasteiger partial charge is 0.406 e. The minimum Gasteiger partial charge on any atom is -0.406 e. The van der Waals surface area contributed by atoms with Gasteiger partial charge in [0.05, 0.1) is 5.92 Å². The Balaban J connectivity index is 1.33. The number of ether oxygens (including phenoxy) is 1. The van der Waals surface area contributed by atoms with Crippen LogP contribution in [-0.4, -0.2) is 64.9 Å². The van der Waals surface area contributed by atoms with Crippen molar-refractivity contribution in [2.45, 2.75) is 76.2 Å². The molecule has 0 bridgehead atoms. The van der Waals surface area contributed by atoms with Crippen LogP contribution in [0.3, 0.4) is 0 Å². The zero-order chi connectivity index (χ0) is 26.4. The number of nitrogens with one attached hydrogen (secondary N) is 1. The number of anilines is 1. The highest BCUT2D eigenvalue weighted by molar-refractivity contribution is 5.85. The predicted octanol–water partition coefficient (Wildman–Crippen LogP) is 4.39. The Morgan fingerprint density at radius 2 is 1.81 bits per heavy atom. The lowest BCUT2D eigenvalue weighted by Crippen LogP contribution is -2.53. The Morgan fingerprint density at radius 3 is 2.43 bits per heavy atom. The van der Waals surface area contributed by atoms with Gasteiger partial charge in [0.15, 0.2) is 0 Å². The average Bonchev–Trinajstić information content (AvgIpc) is 3.41. The van der Waals surface area contributed by atoms with Crippen LogP contribution in [0.2, 0.25) is 0 Å². The zero-order valence-electron chi connectivity index (χ0n) is 21.5. The number of rotatable bonds is 5. The van der Waals surface area contributed by atoms with Crippen LogP contribution in [0.15, 0.2) is 30.6 Å². The van der Waals surface area contributed by atoms with E-state index in [9.17, 15) is 18.0 Å². The molecule has 2 saturated heterocycles. The Labute approximate surface area is 215 Å². The van der Waals surface area contributed by atoms with E-state index < -0.39 is 12.3 Å². The van der Waals surface area contributed by atoms with E-state index in [1.54, 1.807) is 18.5 Å². The maximum absolute atomic E-state index is 13.9. The third-order valence-electron chi connectivity index (χ3n) is 7.94. The lowest BCUT2D eigenvalue weighted by molar-refractivity contribution is -0.274. The highest BCUT2D eigenvalue weighted by Crippen LogP contribution is 2.38. The largest absolute Gasteiger partial charge is 0.573 e. The third kappa shape index (κ3) is 5.54. The van der Waals surface area contributed by atoms with E-state index in [0.29, 0.717) is 37.7 Å². The molecule has 1 aliphatic carbocycles. The molecule has 1 aromatic heterocycles. The number of hydrogen-bond acceptors (Lipinski definition) is 6. The van der Waals surface area contributed by atoms with Crippen LogP contribution in [-0.2, 0) is 11.2 Å². The summed E-state index contributed by atoms with van der Waals surface area (Å²) in [4.78, 5) is 27.1. The molecule has 2 aliphatic heterocycles. The molecule has 3 heterocycles. The molecule has 200 valence electrons. The number of alkyl halides is 3. The first-order valence-electron chi connectivity index (χ1n) is 13.0. The molecule has 0 radical (unpaired) electrons.